The second kappa shape index (κ2) is 6.15. The van der Waals surface area contributed by atoms with Crippen molar-refractivity contribution in [3.05, 3.63) is 12.4 Å². The highest BCUT2D eigenvalue weighted by molar-refractivity contribution is 5.89. The van der Waals surface area contributed by atoms with Crippen LogP contribution in [0.3, 0.4) is 0 Å². The Balaban J connectivity index is 2.51. The maximum atomic E-state index is 11.9. The fraction of sp³-hybridized carbons (Fsp3) is 0.643. The van der Waals surface area contributed by atoms with Gasteiger partial charge in [0.1, 0.15) is 5.60 Å². The van der Waals surface area contributed by atoms with Crippen molar-refractivity contribution in [1.82, 2.24) is 15.1 Å². The van der Waals surface area contributed by atoms with E-state index in [4.69, 9.17) is 4.74 Å². The molecule has 0 radical (unpaired) electrons. The molecule has 118 valence electrons. The van der Waals surface area contributed by atoms with Crippen LogP contribution in [0.2, 0.25) is 0 Å². The van der Waals surface area contributed by atoms with Crippen LogP contribution in [-0.4, -0.2) is 32.9 Å². The van der Waals surface area contributed by atoms with Gasteiger partial charge in [-0.05, 0) is 34.6 Å². The second-order valence-corrected chi connectivity index (χ2v) is 6.63. The monoisotopic (exact) mass is 296 g/mol. The SMILES string of the molecule is Cn1cc(NC(=O)NC(C)(C)CC(=O)OC(C)(C)C)cn1. The second-order valence-electron chi connectivity index (χ2n) is 6.63. The summed E-state index contributed by atoms with van der Waals surface area (Å²) in [5, 5.41) is 9.35. The number of hydrogen-bond donors (Lipinski definition) is 2. The molecule has 0 saturated heterocycles. The van der Waals surface area contributed by atoms with Crippen molar-refractivity contribution in [1.29, 1.82) is 0 Å². The third-order valence-electron chi connectivity index (χ3n) is 2.42. The number of carbonyl (C=O) groups is 2. The standard InChI is InChI=1S/C14H24N4O3/c1-13(2,3)21-11(19)7-14(4,5)17-12(20)16-10-8-15-18(6)9-10/h8-9H,7H2,1-6H3,(H2,16,17,20). The molecule has 1 aromatic heterocycles. The van der Waals surface area contributed by atoms with Crippen molar-refractivity contribution in [2.75, 3.05) is 5.32 Å². The minimum absolute atomic E-state index is 0.0880. The van der Waals surface area contributed by atoms with Crippen molar-refractivity contribution >= 4 is 17.7 Å². The molecule has 0 aliphatic carbocycles. The number of carbonyl (C=O) groups excluding carboxylic acids is 2. The summed E-state index contributed by atoms with van der Waals surface area (Å²) in [5.74, 6) is -0.353. The molecule has 7 nitrogen and oxygen atoms in total. The highest BCUT2D eigenvalue weighted by Crippen LogP contribution is 2.15. The molecule has 21 heavy (non-hydrogen) atoms. The number of urea groups is 1. The lowest BCUT2D eigenvalue weighted by molar-refractivity contribution is -0.156. The van der Waals surface area contributed by atoms with E-state index in [0.717, 1.165) is 0 Å². The number of aryl methyl sites for hydroxylation is 1. The highest BCUT2D eigenvalue weighted by atomic mass is 16.6. The zero-order valence-electron chi connectivity index (χ0n) is 13.5. The number of amides is 2. The summed E-state index contributed by atoms with van der Waals surface area (Å²) in [6.07, 6.45) is 3.31. The summed E-state index contributed by atoms with van der Waals surface area (Å²) >= 11 is 0. The number of ether oxygens (including phenoxy) is 1. The fourth-order valence-electron chi connectivity index (χ4n) is 1.74. The van der Waals surface area contributed by atoms with E-state index >= 15 is 0 Å². The highest BCUT2D eigenvalue weighted by Gasteiger charge is 2.27. The molecule has 2 N–H and O–H groups in total. The third-order valence-corrected chi connectivity index (χ3v) is 2.42. The van der Waals surface area contributed by atoms with Crippen molar-refractivity contribution < 1.29 is 14.3 Å². The normalized spacial score (nSPS) is 11.9. The summed E-state index contributed by atoms with van der Waals surface area (Å²) in [6.45, 7) is 8.95. The molecule has 0 aromatic carbocycles. The predicted octanol–water partition coefficient (Wildman–Crippen LogP) is 2.05. The average molecular weight is 296 g/mol. The molecule has 0 saturated carbocycles. The number of esters is 1. The van der Waals surface area contributed by atoms with Gasteiger partial charge in [-0.15, -0.1) is 0 Å². The van der Waals surface area contributed by atoms with E-state index in [1.165, 1.54) is 0 Å². The van der Waals surface area contributed by atoms with E-state index in [2.05, 4.69) is 15.7 Å². The van der Waals surface area contributed by atoms with Gasteiger partial charge in [0.05, 0.1) is 18.3 Å². The predicted molar refractivity (Wildman–Crippen MR) is 79.9 cm³/mol. The van der Waals surface area contributed by atoms with E-state index in [0.29, 0.717) is 5.69 Å². The van der Waals surface area contributed by atoms with Gasteiger partial charge in [0.25, 0.3) is 0 Å². The zero-order chi connectivity index (χ0) is 16.3. The Morgan fingerprint density at radius 3 is 2.38 bits per heavy atom. The molecule has 1 aromatic rings. The number of nitrogens with one attached hydrogen (secondary N) is 2. The Labute approximate surface area is 125 Å². The number of aromatic nitrogens is 2. The minimum Gasteiger partial charge on any atom is -0.460 e. The van der Waals surface area contributed by atoms with Crippen molar-refractivity contribution in [2.24, 2.45) is 7.05 Å². The van der Waals surface area contributed by atoms with Gasteiger partial charge in [-0.1, -0.05) is 0 Å². The smallest absolute Gasteiger partial charge is 0.319 e. The molecule has 0 aliphatic rings. The van der Waals surface area contributed by atoms with Gasteiger partial charge in [0.15, 0.2) is 0 Å². The van der Waals surface area contributed by atoms with Gasteiger partial charge in [0.2, 0.25) is 0 Å². The molecule has 0 spiro atoms. The van der Waals surface area contributed by atoms with E-state index < -0.39 is 17.2 Å². The van der Waals surface area contributed by atoms with Crippen LogP contribution in [0.15, 0.2) is 12.4 Å². The van der Waals surface area contributed by atoms with Crippen molar-refractivity contribution in [3.63, 3.8) is 0 Å². The van der Waals surface area contributed by atoms with Crippen molar-refractivity contribution in [2.45, 2.75) is 52.2 Å². The largest absolute Gasteiger partial charge is 0.460 e. The lowest BCUT2D eigenvalue weighted by Crippen LogP contribution is -2.47. The number of hydrogen-bond acceptors (Lipinski definition) is 4. The molecule has 0 bridgehead atoms. The number of nitrogens with zero attached hydrogens (tertiary/aromatic N) is 2. The summed E-state index contributed by atoms with van der Waals surface area (Å²) in [7, 11) is 1.76. The van der Waals surface area contributed by atoms with Crippen LogP contribution in [0.1, 0.15) is 41.0 Å². The Kier molecular flexibility index (Phi) is 4.98. The van der Waals surface area contributed by atoms with E-state index in [1.54, 1.807) is 58.7 Å². The Hall–Kier alpha value is -2.05. The first-order chi connectivity index (χ1) is 9.47. The van der Waals surface area contributed by atoms with Crippen LogP contribution in [0.4, 0.5) is 10.5 Å². The maximum absolute atomic E-state index is 11.9. The first kappa shape index (κ1) is 17.0. The summed E-state index contributed by atoms with van der Waals surface area (Å²) in [5.41, 5.74) is -0.664. The number of anilines is 1. The van der Waals surface area contributed by atoms with Crippen LogP contribution in [0, 0.1) is 0 Å². The molecular formula is C14H24N4O3. The lowest BCUT2D eigenvalue weighted by Gasteiger charge is -2.27. The van der Waals surface area contributed by atoms with Crippen LogP contribution in [0.5, 0.6) is 0 Å². The molecule has 1 rings (SSSR count). The molecule has 0 atom stereocenters. The van der Waals surface area contributed by atoms with Crippen LogP contribution in [-0.2, 0) is 16.6 Å². The summed E-state index contributed by atoms with van der Waals surface area (Å²) < 4.78 is 6.84. The van der Waals surface area contributed by atoms with Gasteiger partial charge >= 0.3 is 12.0 Å². The van der Waals surface area contributed by atoms with Crippen LogP contribution in [0.25, 0.3) is 0 Å². The molecule has 7 heteroatoms. The molecule has 1 heterocycles. The summed E-state index contributed by atoms with van der Waals surface area (Å²) in [4.78, 5) is 23.7. The van der Waals surface area contributed by atoms with Crippen molar-refractivity contribution in [3.8, 4) is 0 Å². The topological polar surface area (TPSA) is 85.2 Å². The first-order valence-corrected chi connectivity index (χ1v) is 6.76. The van der Waals surface area contributed by atoms with Gasteiger partial charge in [0, 0.05) is 18.8 Å². The molecule has 2 amide bonds. The Morgan fingerprint density at radius 2 is 1.90 bits per heavy atom. The summed E-state index contributed by atoms with van der Waals surface area (Å²) in [6, 6.07) is -0.392. The Morgan fingerprint density at radius 1 is 1.29 bits per heavy atom. The van der Waals surface area contributed by atoms with E-state index in [-0.39, 0.29) is 12.4 Å². The molecule has 0 fully saturated rings. The van der Waals surface area contributed by atoms with Crippen LogP contribution < -0.4 is 10.6 Å². The van der Waals surface area contributed by atoms with E-state index in [9.17, 15) is 9.59 Å². The fourth-order valence-corrected chi connectivity index (χ4v) is 1.74. The minimum atomic E-state index is -0.714. The zero-order valence-corrected chi connectivity index (χ0v) is 13.5. The van der Waals surface area contributed by atoms with Gasteiger partial charge in [-0.3, -0.25) is 9.48 Å². The van der Waals surface area contributed by atoms with Gasteiger partial charge in [-0.25, -0.2) is 4.79 Å². The average Bonchev–Trinajstić information content (AvgIpc) is 2.57. The van der Waals surface area contributed by atoms with Crippen LogP contribution >= 0.6 is 0 Å². The molecule has 0 unspecified atom stereocenters. The molecular weight excluding hydrogens is 272 g/mol. The lowest BCUT2D eigenvalue weighted by atomic mass is 10.0. The third kappa shape index (κ3) is 6.78. The van der Waals surface area contributed by atoms with Gasteiger partial charge in [-0.2, -0.15) is 5.10 Å². The quantitative estimate of drug-likeness (QED) is 0.833. The van der Waals surface area contributed by atoms with Gasteiger partial charge < -0.3 is 15.4 Å². The number of rotatable bonds is 4. The maximum Gasteiger partial charge on any atom is 0.319 e. The van der Waals surface area contributed by atoms with E-state index in [1.807, 2.05) is 0 Å². The first-order valence-electron chi connectivity index (χ1n) is 6.76. The Bertz CT molecular complexity index is 515. The molecule has 0 aliphatic heterocycles.